The molecule has 21 heavy (non-hydrogen) atoms. The topological polar surface area (TPSA) is 118 Å². The molecule has 1 N–H and O–H groups in total. The van der Waals surface area contributed by atoms with E-state index < -0.39 is 19.8 Å². The summed E-state index contributed by atoms with van der Waals surface area (Å²) in [5, 5.41) is 8.60. The normalized spacial score (nSPS) is 10.8. The van der Waals surface area contributed by atoms with Gasteiger partial charge >= 0.3 is 19.8 Å². The number of phosphoric acid groups is 1. The van der Waals surface area contributed by atoms with Crippen molar-refractivity contribution >= 4 is 19.8 Å². The van der Waals surface area contributed by atoms with E-state index in [0.29, 0.717) is 0 Å². The molecule has 0 unspecified atom stereocenters. The van der Waals surface area contributed by atoms with Crippen LogP contribution < -0.4 is 0 Å². The second-order valence-electron chi connectivity index (χ2n) is 3.81. The quantitative estimate of drug-likeness (QED) is 0.210. The number of rotatable bonds is 10. The fourth-order valence-corrected chi connectivity index (χ4v) is 1.38. The lowest BCUT2D eigenvalue weighted by Gasteiger charge is -2.14. The molecule has 0 saturated heterocycles. The SMILES string of the molecule is C=C(C)C(=O)OOP(=O)(OCCCO)OOC(=O)C(=C)C. The molecule has 0 rings (SSSR count). The summed E-state index contributed by atoms with van der Waals surface area (Å²) in [6.07, 6.45) is 0.0968. The Hall–Kier alpha value is -1.51. The van der Waals surface area contributed by atoms with Crippen LogP contribution in [0.5, 0.6) is 0 Å². The first-order valence-electron chi connectivity index (χ1n) is 5.69. The fourth-order valence-electron chi connectivity index (χ4n) is 0.598. The summed E-state index contributed by atoms with van der Waals surface area (Å²) < 4.78 is 25.1. The smallest absolute Gasteiger partial charge is 0.396 e. The zero-order valence-electron chi connectivity index (χ0n) is 11.7. The first kappa shape index (κ1) is 19.5. The molecule has 0 heterocycles. The van der Waals surface area contributed by atoms with Gasteiger partial charge in [0.25, 0.3) is 0 Å². The van der Waals surface area contributed by atoms with Crippen LogP contribution in [0.2, 0.25) is 0 Å². The summed E-state index contributed by atoms with van der Waals surface area (Å²) >= 11 is 0. The number of aliphatic hydroxyl groups excluding tert-OH is 1. The Morgan fingerprint density at radius 3 is 1.81 bits per heavy atom. The Morgan fingerprint density at radius 2 is 1.48 bits per heavy atom. The van der Waals surface area contributed by atoms with Gasteiger partial charge in [-0.05, 0) is 20.3 Å². The molecule has 0 aliphatic heterocycles. The van der Waals surface area contributed by atoms with Gasteiger partial charge in [0.05, 0.1) is 6.61 Å². The van der Waals surface area contributed by atoms with Crippen LogP contribution in [0.25, 0.3) is 0 Å². The highest BCUT2D eigenvalue weighted by atomic mass is 31.2. The summed E-state index contributed by atoms with van der Waals surface area (Å²) in [5.41, 5.74) is -0.0633. The van der Waals surface area contributed by atoms with Gasteiger partial charge in [-0.3, -0.25) is 14.3 Å². The van der Waals surface area contributed by atoms with Crippen molar-refractivity contribution < 1.29 is 42.9 Å². The lowest BCUT2D eigenvalue weighted by atomic mass is 10.4. The predicted octanol–water partition coefficient (Wildman–Crippen LogP) is 1.60. The fraction of sp³-hybridized carbons (Fsp3) is 0.455. The molecule has 120 valence electrons. The summed E-state index contributed by atoms with van der Waals surface area (Å²) in [7, 11) is -4.52. The predicted molar refractivity (Wildman–Crippen MR) is 69.2 cm³/mol. The van der Waals surface area contributed by atoms with Crippen LogP contribution in [0.1, 0.15) is 20.3 Å². The largest absolute Gasteiger partial charge is 0.547 e. The van der Waals surface area contributed by atoms with Crippen LogP contribution in [0.15, 0.2) is 24.3 Å². The molecule has 0 aromatic rings. The maximum atomic E-state index is 12.0. The van der Waals surface area contributed by atoms with E-state index >= 15 is 0 Å². The van der Waals surface area contributed by atoms with Crippen LogP contribution in [-0.4, -0.2) is 30.3 Å². The van der Waals surface area contributed by atoms with Gasteiger partial charge < -0.3 is 5.11 Å². The molecular weight excluding hydrogens is 307 g/mol. The third-order valence-electron chi connectivity index (χ3n) is 1.66. The van der Waals surface area contributed by atoms with Gasteiger partial charge in [0.2, 0.25) is 0 Å². The minimum Gasteiger partial charge on any atom is -0.396 e. The number of aliphatic hydroxyl groups is 1. The molecule has 0 aliphatic carbocycles. The van der Waals surface area contributed by atoms with Crippen molar-refractivity contribution in [3.8, 4) is 0 Å². The maximum absolute atomic E-state index is 12.0. The van der Waals surface area contributed by atoms with Crippen molar-refractivity contribution in [2.45, 2.75) is 20.3 Å². The van der Waals surface area contributed by atoms with Crippen molar-refractivity contribution in [1.82, 2.24) is 0 Å². The first-order chi connectivity index (χ1) is 9.72. The molecule has 0 saturated carbocycles. The van der Waals surface area contributed by atoms with Gasteiger partial charge in [-0.15, -0.1) is 0 Å². The number of hydrogen-bond donors (Lipinski definition) is 1. The Morgan fingerprint density at radius 1 is 1.05 bits per heavy atom. The number of hydrogen-bond acceptors (Lipinski definition) is 9. The van der Waals surface area contributed by atoms with Gasteiger partial charge in [-0.1, -0.05) is 22.5 Å². The van der Waals surface area contributed by atoms with Gasteiger partial charge in [-0.2, -0.15) is 0 Å². The van der Waals surface area contributed by atoms with E-state index in [9.17, 15) is 14.2 Å². The average molecular weight is 324 g/mol. The van der Waals surface area contributed by atoms with Crippen LogP contribution in [0, 0.1) is 0 Å². The maximum Gasteiger partial charge on any atom is 0.547 e. The van der Waals surface area contributed by atoms with Crippen LogP contribution in [-0.2, 0) is 37.8 Å². The number of carbonyl (C=O) groups is 2. The van der Waals surface area contributed by atoms with E-state index in [0.717, 1.165) is 0 Å². The molecule has 0 aromatic heterocycles. The van der Waals surface area contributed by atoms with Crippen molar-refractivity contribution in [2.24, 2.45) is 0 Å². The number of carbonyl (C=O) groups excluding carboxylic acids is 2. The zero-order valence-corrected chi connectivity index (χ0v) is 12.6. The molecule has 0 fully saturated rings. The van der Waals surface area contributed by atoms with Crippen LogP contribution in [0.4, 0.5) is 0 Å². The monoisotopic (exact) mass is 324 g/mol. The Labute approximate surface area is 121 Å². The third kappa shape index (κ3) is 8.38. The van der Waals surface area contributed by atoms with E-state index in [1.165, 1.54) is 13.8 Å². The lowest BCUT2D eigenvalue weighted by molar-refractivity contribution is -0.258. The van der Waals surface area contributed by atoms with E-state index in [4.69, 9.17) is 5.11 Å². The van der Waals surface area contributed by atoms with Gasteiger partial charge in [0, 0.05) is 17.8 Å². The minimum atomic E-state index is -4.52. The minimum absolute atomic E-state index is 0.0316. The molecule has 0 spiro atoms. The van der Waals surface area contributed by atoms with E-state index in [1.807, 2.05) is 0 Å². The standard InChI is InChI=1S/C11H17O9P/c1-8(2)10(13)17-19-21(15,16-7-5-6-12)20-18-11(14)9(3)4/h12H,1,3,5-7H2,2,4H3. The van der Waals surface area contributed by atoms with E-state index in [2.05, 4.69) is 36.8 Å². The third-order valence-corrected chi connectivity index (χ3v) is 2.67. The molecule has 0 bridgehead atoms. The summed E-state index contributed by atoms with van der Waals surface area (Å²) in [6, 6.07) is 0. The van der Waals surface area contributed by atoms with Crippen molar-refractivity contribution in [2.75, 3.05) is 13.2 Å². The van der Waals surface area contributed by atoms with Gasteiger partial charge in [-0.25, -0.2) is 14.2 Å². The highest BCUT2D eigenvalue weighted by Crippen LogP contribution is 2.50. The average Bonchev–Trinajstić information content (AvgIpc) is 2.42. The lowest BCUT2D eigenvalue weighted by Crippen LogP contribution is -2.11. The second-order valence-corrected chi connectivity index (χ2v) is 5.26. The summed E-state index contributed by atoms with van der Waals surface area (Å²) in [5.74, 6) is -2.04. The Balaban J connectivity index is 4.63. The highest BCUT2D eigenvalue weighted by Gasteiger charge is 2.34. The second kappa shape index (κ2) is 9.43. The van der Waals surface area contributed by atoms with E-state index in [-0.39, 0.29) is 30.8 Å². The van der Waals surface area contributed by atoms with Crippen molar-refractivity contribution in [3.05, 3.63) is 24.3 Å². The van der Waals surface area contributed by atoms with Gasteiger partial charge in [0.1, 0.15) is 0 Å². The molecular formula is C11H17O9P. The molecule has 0 radical (unpaired) electrons. The van der Waals surface area contributed by atoms with Crippen LogP contribution >= 0.6 is 7.82 Å². The molecule has 9 nitrogen and oxygen atoms in total. The Kier molecular flexibility index (Phi) is 8.75. The van der Waals surface area contributed by atoms with Crippen molar-refractivity contribution in [1.29, 1.82) is 0 Å². The zero-order chi connectivity index (χ0) is 16.5. The Bertz CT molecular complexity index is 423. The molecule has 0 aliphatic rings. The molecule has 0 aromatic carbocycles. The highest BCUT2D eigenvalue weighted by molar-refractivity contribution is 7.48. The first-order valence-corrected chi connectivity index (χ1v) is 7.15. The van der Waals surface area contributed by atoms with Crippen LogP contribution in [0.3, 0.4) is 0 Å². The molecule has 0 amide bonds. The molecule has 10 heteroatoms. The van der Waals surface area contributed by atoms with E-state index in [1.54, 1.807) is 0 Å². The summed E-state index contributed by atoms with van der Waals surface area (Å²) in [4.78, 5) is 30.6. The summed E-state index contributed by atoms with van der Waals surface area (Å²) in [6.45, 7) is 8.68. The van der Waals surface area contributed by atoms with Crippen molar-refractivity contribution in [3.63, 3.8) is 0 Å². The molecule has 0 atom stereocenters. The van der Waals surface area contributed by atoms with Gasteiger partial charge in [0.15, 0.2) is 0 Å².